The number of anilines is 1. The summed E-state index contributed by atoms with van der Waals surface area (Å²) in [5.41, 5.74) is 3.21. The number of nitrogens with one attached hydrogen (secondary N) is 1. The Labute approximate surface area is 361 Å². The second-order valence-corrected chi connectivity index (χ2v) is 16.0. The molecule has 5 heterocycles. The standard InChI is InChI=1S/C43H52N10O6.CH4S/c1-27(23-53-30(22-46-49-53)26-59-37-11-7-9-33(34(37)24-55)42(57)50(6)36(10-8-19-54)41(56)44-5)43(3,4)52-17-15-32-31(14-16-45-40(32)52)39-47-35(29-12-13-29)21-38(48-39)51-18-20-58-25-28(51)2;1-2/h7,9,11,14-17,19,21-22,24,27-29,36H,8,10,12-13,18,20,23,25-26H2,1-6H3,(H,44,56);2H,1H3. The monoisotopic (exact) mass is 852 g/mol. The van der Waals surface area contributed by atoms with E-state index in [1.807, 2.05) is 12.3 Å². The second kappa shape index (κ2) is 19.8. The Kier molecular flexibility index (Phi) is 14.6. The number of aldehydes is 2. The summed E-state index contributed by atoms with van der Waals surface area (Å²) >= 11 is 3.53. The van der Waals surface area contributed by atoms with Crippen LogP contribution in [0.4, 0.5) is 5.82 Å². The van der Waals surface area contributed by atoms with Crippen LogP contribution in [0.3, 0.4) is 0 Å². The van der Waals surface area contributed by atoms with Gasteiger partial charge >= 0.3 is 0 Å². The van der Waals surface area contributed by atoms with Gasteiger partial charge in [0.05, 0.1) is 42.3 Å². The number of fused-ring (bicyclic) bond motifs is 1. The van der Waals surface area contributed by atoms with E-state index < -0.39 is 23.4 Å². The third kappa shape index (κ3) is 9.62. The minimum absolute atomic E-state index is 0.0161. The van der Waals surface area contributed by atoms with Crippen LogP contribution >= 0.6 is 12.6 Å². The van der Waals surface area contributed by atoms with Crippen molar-refractivity contribution in [3.05, 3.63) is 77.5 Å². The first kappa shape index (κ1) is 44.9. The Morgan fingerprint density at radius 3 is 2.64 bits per heavy atom. The lowest BCUT2D eigenvalue weighted by Crippen LogP contribution is -2.47. The van der Waals surface area contributed by atoms with Crippen molar-refractivity contribution in [1.82, 2.24) is 44.7 Å². The summed E-state index contributed by atoms with van der Waals surface area (Å²) < 4.78 is 15.8. The van der Waals surface area contributed by atoms with E-state index in [-0.39, 0.29) is 48.3 Å². The molecule has 1 N–H and O–H groups in total. The van der Waals surface area contributed by atoms with Gasteiger partial charge in [-0.1, -0.05) is 18.2 Å². The SMILES string of the molecule is CNC(=O)C(CCC=O)N(C)C(=O)c1cccc(OCc2cnnn2CC(C)C(C)(C)n2ccc3c(-c4nc(C5CC5)cc(N5CCOCC5C)n4)ccnc32)c1C=O.CS. The number of amides is 2. The van der Waals surface area contributed by atoms with E-state index >= 15 is 0 Å². The van der Waals surface area contributed by atoms with E-state index in [0.717, 1.165) is 47.5 Å². The average molecular weight is 853 g/mol. The van der Waals surface area contributed by atoms with Crippen molar-refractivity contribution in [3.8, 4) is 17.1 Å². The number of nitrogens with zero attached hydrogens (tertiary/aromatic N) is 9. The highest BCUT2D eigenvalue weighted by Gasteiger charge is 2.33. The topological polar surface area (TPSA) is 180 Å². The van der Waals surface area contributed by atoms with Gasteiger partial charge in [0.1, 0.15) is 36.1 Å². The predicted octanol–water partition coefficient (Wildman–Crippen LogP) is 5.36. The number of rotatable bonds is 17. The van der Waals surface area contributed by atoms with Gasteiger partial charge in [0.15, 0.2) is 12.1 Å². The van der Waals surface area contributed by atoms with E-state index in [1.54, 1.807) is 29.3 Å². The van der Waals surface area contributed by atoms with Crippen LogP contribution < -0.4 is 15.0 Å². The molecule has 4 aromatic heterocycles. The maximum absolute atomic E-state index is 13.6. The molecule has 2 aliphatic rings. The lowest BCUT2D eigenvalue weighted by atomic mass is 9.88. The molecular formula is C44H56N10O6S. The number of carbonyl (C=O) groups excluding carboxylic acids is 4. The van der Waals surface area contributed by atoms with Crippen molar-refractivity contribution in [3.63, 3.8) is 0 Å². The smallest absolute Gasteiger partial charge is 0.255 e. The fourth-order valence-corrected chi connectivity index (χ4v) is 7.69. The number of hydrogen-bond donors (Lipinski definition) is 2. The van der Waals surface area contributed by atoms with Gasteiger partial charge in [-0.2, -0.15) is 12.6 Å². The number of aromatic nitrogens is 7. The largest absolute Gasteiger partial charge is 0.486 e. The number of carbonyl (C=O) groups is 4. The van der Waals surface area contributed by atoms with Gasteiger partial charge in [-0.15, -0.1) is 5.10 Å². The van der Waals surface area contributed by atoms with Gasteiger partial charge in [-0.05, 0) is 76.5 Å². The van der Waals surface area contributed by atoms with Crippen LogP contribution in [0.5, 0.6) is 5.75 Å². The Morgan fingerprint density at radius 2 is 1.93 bits per heavy atom. The molecule has 2 amide bonds. The van der Waals surface area contributed by atoms with Crippen molar-refractivity contribution < 1.29 is 28.7 Å². The highest BCUT2D eigenvalue weighted by Crippen LogP contribution is 2.42. The van der Waals surface area contributed by atoms with E-state index in [2.05, 4.69) is 83.7 Å². The van der Waals surface area contributed by atoms with Gasteiger partial charge in [0.25, 0.3) is 5.91 Å². The number of benzene rings is 1. The van der Waals surface area contributed by atoms with Gasteiger partial charge in [0.2, 0.25) is 5.91 Å². The van der Waals surface area contributed by atoms with Crippen LogP contribution in [0.2, 0.25) is 0 Å². The van der Waals surface area contributed by atoms with Crippen LogP contribution in [0.25, 0.3) is 22.4 Å². The molecule has 1 aliphatic heterocycles. The van der Waals surface area contributed by atoms with E-state index in [1.165, 1.54) is 25.1 Å². The molecule has 17 heteroatoms. The van der Waals surface area contributed by atoms with Gasteiger partial charge in [0, 0.05) is 80.2 Å². The van der Waals surface area contributed by atoms with Crippen molar-refractivity contribution in [1.29, 1.82) is 0 Å². The molecule has 5 aromatic rings. The fraction of sp³-hybridized carbons (Fsp3) is 0.477. The Hall–Kier alpha value is -5.68. The maximum atomic E-state index is 13.6. The van der Waals surface area contributed by atoms with Gasteiger partial charge in [-0.3, -0.25) is 14.4 Å². The molecule has 2 fully saturated rings. The van der Waals surface area contributed by atoms with Gasteiger partial charge in [-0.25, -0.2) is 19.6 Å². The zero-order chi connectivity index (χ0) is 43.8. The number of morpholine rings is 1. The molecule has 1 saturated heterocycles. The Morgan fingerprint density at radius 1 is 1.15 bits per heavy atom. The molecule has 0 bridgehead atoms. The van der Waals surface area contributed by atoms with Crippen LogP contribution in [-0.4, -0.2) is 116 Å². The summed E-state index contributed by atoms with van der Waals surface area (Å²) in [5, 5.41) is 12.1. The Bertz CT molecular complexity index is 2340. The van der Waals surface area contributed by atoms with Crippen molar-refractivity contribution in [2.45, 2.75) is 90.1 Å². The molecule has 3 unspecified atom stereocenters. The van der Waals surface area contributed by atoms with Gasteiger partial charge < -0.3 is 34.0 Å². The van der Waals surface area contributed by atoms with Crippen LogP contribution in [-0.2, 0) is 33.0 Å². The average Bonchev–Trinajstić information content (AvgIpc) is 3.89. The van der Waals surface area contributed by atoms with E-state index in [9.17, 15) is 19.2 Å². The van der Waals surface area contributed by atoms with Crippen LogP contribution in [0, 0.1) is 5.92 Å². The number of pyridine rings is 1. The van der Waals surface area contributed by atoms with Crippen LogP contribution in [0.1, 0.15) is 91.4 Å². The number of ether oxygens (including phenoxy) is 2. The highest BCUT2D eigenvalue weighted by molar-refractivity contribution is 7.79. The third-order valence-electron chi connectivity index (χ3n) is 11.9. The van der Waals surface area contributed by atoms with E-state index in [0.29, 0.717) is 49.8 Å². The first-order valence-electron chi connectivity index (χ1n) is 20.6. The molecular weight excluding hydrogens is 797 g/mol. The first-order valence-corrected chi connectivity index (χ1v) is 21.5. The molecule has 1 saturated carbocycles. The lowest BCUT2D eigenvalue weighted by Gasteiger charge is -2.34. The van der Waals surface area contributed by atoms with Crippen molar-refractivity contribution >= 4 is 53.9 Å². The van der Waals surface area contributed by atoms with Crippen molar-refractivity contribution in [2.24, 2.45) is 5.92 Å². The third-order valence-corrected chi connectivity index (χ3v) is 11.9. The normalized spacial score (nSPS) is 16.3. The van der Waals surface area contributed by atoms with Crippen LogP contribution in [0.15, 0.2) is 55.0 Å². The maximum Gasteiger partial charge on any atom is 0.255 e. The molecule has 1 aromatic carbocycles. The molecule has 0 radical (unpaired) electrons. The number of likely N-dealkylation sites (N-methyl/N-ethyl adjacent to an activating group) is 2. The minimum Gasteiger partial charge on any atom is -0.486 e. The fourth-order valence-electron chi connectivity index (χ4n) is 7.69. The molecule has 3 atom stereocenters. The molecule has 7 rings (SSSR count). The summed E-state index contributed by atoms with van der Waals surface area (Å²) in [6.07, 6.45) is 11.0. The Balaban J connectivity index is 0.00000307. The summed E-state index contributed by atoms with van der Waals surface area (Å²) in [6, 6.07) is 10.3. The quantitative estimate of drug-likeness (QED) is 0.0905. The summed E-state index contributed by atoms with van der Waals surface area (Å²) in [6.45, 7) is 11.3. The number of thiol groups is 1. The summed E-state index contributed by atoms with van der Waals surface area (Å²) in [4.78, 5) is 68.3. The molecule has 1 aliphatic carbocycles. The second-order valence-electron chi connectivity index (χ2n) is 16.0. The molecule has 16 nitrogen and oxygen atoms in total. The highest BCUT2D eigenvalue weighted by atomic mass is 32.1. The minimum atomic E-state index is -0.897. The molecule has 0 spiro atoms. The summed E-state index contributed by atoms with van der Waals surface area (Å²) in [5.74, 6) is 1.35. The predicted molar refractivity (Wildman–Crippen MR) is 235 cm³/mol. The summed E-state index contributed by atoms with van der Waals surface area (Å²) in [7, 11) is 2.93. The molecule has 324 valence electrons. The first-order chi connectivity index (χ1) is 29.5. The zero-order valence-electron chi connectivity index (χ0n) is 35.9. The van der Waals surface area contributed by atoms with Crippen molar-refractivity contribution in [2.75, 3.05) is 45.0 Å². The van der Waals surface area contributed by atoms with E-state index in [4.69, 9.17) is 24.4 Å². The molecule has 61 heavy (non-hydrogen) atoms. The zero-order valence-corrected chi connectivity index (χ0v) is 36.8. The number of hydrogen-bond acceptors (Lipinski definition) is 13. The lowest BCUT2D eigenvalue weighted by molar-refractivity contribution is -0.125.